The highest BCUT2D eigenvalue weighted by molar-refractivity contribution is 5.80. The lowest BCUT2D eigenvalue weighted by Gasteiger charge is -1.94. The number of nitrogens with zero attached hydrogens (tertiary/aromatic N) is 2. The number of nitriles is 1. The molecule has 0 aliphatic rings. The van der Waals surface area contributed by atoms with Gasteiger partial charge in [0.1, 0.15) is 12.3 Å². The number of aryl methyl sites for hydroxylation is 1. The normalized spacial score (nSPS) is 11.4. The maximum Gasteiger partial charge on any atom is 0.174 e. The Bertz CT molecular complexity index is 410. The van der Waals surface area contributed by atoms with Gasteiger partial charge in [-0.25, -0.2) is 4.99 Å². The molecule has 0 spiro atoms. The van der Waals surface area contributed by atoms with E-state index < -0.39 is 0 Å². The van der Waals surface area contributed by atoms with Crippen molar-refractivity contribution in [2.24, 2.45) is 4.99 Å². The van der Waals surface area contributed by atoms with E-state index in [1.165, 1.54) is 18.9 Å². The van der Waals surface area contributed by atoms with Crippen molar-refractivity contribution in [3.8, 4) is 6.07 Å². The Morgan fingerprint density at radius 3 is 2.60 bits per heavy atom. The lowest BCUT2D eigenvalue weighted by atomic mass is 10.2. The Balaban J connectivity index is 2.77. The van der Waals surface area contributed by atoms with Crippen LogP contribution < -0.4 is 0 Å². The Labute approximate surface area is 89.3 Å². The van der Waals surface area contributed by atoms with E-state index in [9.17, 15) is 0 Å². The highest BCUT2D eigenvalue weighted by atomic mass is 16.5. The van der Waals surface area contributed by atoms with Crippen LogP contribution in [0.2, 0.25) is 0 Å². The molecule has 76 valence electrons. The quantitative estimate of drug-likeness (QED) is 0.427. The smallest absolute Gasteiger partial charge is 0.174 e. The van der Waals surface area contributed by atoms with Gasteiger partial charge in [-0.15, -0.1) is 0 Å². The number of aliphatic imine (C=N–C) groups is 1. The fraction of sp³-hybridized carbons (Fsp3) is 0.167. The van der Waals surface area contributed by atoms with Crippen LogP contribution in [-0.4, -0.2) is 13.3 Å². The summed E-state index contributed by atoms with van der Waals surface area (Å²) in [5.74, 6) is 0. The second-order valence-corrected chi connectivity index (χ2v) is 3.02. The summed E-state index contributed by atoms with van der Waals surface area (Å²) >= 11 is 0. The molecule has 0 N–H and O–H groups in total. The van der Waals surface area contributed by atoms with E-state index in [1.807, 2.05) is 37.3 Å². The predicted molar refractivity (Wildman–Crippen MR) is 59.5 cm³/mol. The van der Waals surface area contributed by atoms with E-state index in [0.29, 0.717) is 0 Å². The first-order valence-corrected chi connectivity index (χ1v) is 4.50. The highest BCUT2D eigenvalue weighted by Crippen LogP contribution is 2.02. The number of hydrogen-bond acceptors (Lipinski definition) is 3. The largest absolute Gasteiger partial charge is 0.501 e. The van der Waals surface area contributed by atoms with E-state index in [4.69, 9.17) is 10.00 Å². The summed E-state index contributed by atoms with van der Waals surface area (Å²) in [7, 11) is 1.48. The monoisotopic (exact) mass is 200 g/mol. The van der Waals surface area contributed by atoms with Gasteiger partial charge >= 0.3 is 0 Å². The van der Waals surface area contributed by atoms with E-state index in [0.717, 1.165) is 5.56 Å². The van der Waals surface area contributed by atoms with Crippen molar-refractivity contribution in [2.45, 2.75) is 6.92 Å². The average Bonchev–Trinajstić information content (AvgIpc) is 2.26. The number of benzene rings is 1. The molecule has 15 heavy (non-hydrogen) atoms. The zero-order valence-electron chi connectivity index (χ0n) is 8.77. The summed E-state index contributed by atoms with van der Waals surface area (Å²) in [4.78, 5) is 3.98. The van der Waals surface area contributed by atoms with Gasteiger partial charge in [0.05, 0.1) is 7.11 Å². The number of ether oxygens (including phenoxy) is 1. The second kappa shape index (κ2) is 5.61. The molecule has 1 aromatic carbocycles. The summed E-state index contributed by atoms with van der Waals surface area (Å²) in [5, 5.41) is 8.67. The van der Waals surface area contributed by atoms with Gasteiger partial charge in [0.2, 0.25) is 0 Å². The van der Waals surface area contributed by atoms with Crippen LogP contribution in [0.4, 0.5) is 0 Å². The van der Waals surface area contributed by atoms with Crippen molar-refractivity contribution >= 4 is 6.21 Å². The molecule has 3 heteroatoms. The maximum atomic E-state index is 8.67. The molecule has 0 amide bonds. The van der Waals surface area contributed by atoms with Crippen LogP contribution in [0, 0.1) is 18.3 Å². The Kier molecular flexibility index (Phi) is 4.11. The molecule has 0 unspecified atom stereocenters. The summed E-state index contributed by atoms with van der Waals surface area (Å²) in [6.07, 6.45) is 2.94. The third-order valence-corrected chi connectivity index (χ3v) is 1.77. The van der Waals surface area contributed by atoms with Gasteiger partial charge in [-0.2, -0.15) is 5.26 Å². The van der Waals surface area contributed by atoms with Gasteiger partial charge in [0.25, 0.3) is 0 Å². The van der Waals surface area contributed by atoms with E-state index >= 15 is 0 Å². The fourth-order valence-electron chi connectivity index (χ4n) is 0.994. The molecule has 1 aromatic rings. The first-order valence-electron chi connectivity index (χ1n) is 4.50. The van der Waals surface area contributed by atoms with Crippen molar-refractivity contribution in [1.29, 1.82) is 5.26 Å². The Morgan fingerprint density at radius 2 is 2.07 bits per heavy atom. The van der Waals surface area contributed by atoms with Crippen LogP contribution >= 0.6 is 0 Å². The lowest BCUT2D eigenvalue weighted by molar-refractivity contribution is 0.335. The first-order chi connectivity index (χ1) is 7.26. The standard InChI is InChI=1S/C12H12N2O/c1-10-3-5-11(6-4-10)8-14-12(7-13)9-15-2/h3-6,8-9H,1-2H3/b12-9-,14-8+. The highest BCUT2D eigenvalue weighted by Gasteiger charge is 1.90. The molecule has 0 aromatic heterocycles. The van der Waals surface area contributed by atoms with Crippen molar-refractivity contribution < 1.29 is 4.74 Å². The van der Waals surface area contributed by atoms with Crippen molar-refractivity contribution in [2.75, 3.05) is 7.11 Å². The number of allylic oxidation sites excluding steroid dienone is 1. The van der Waals surface area contributed by atoms with Crippen LogP contribution in [-0.2, 0) is 4.74 Å². The van der Waals surface area contributed by atoms with Crippen molar-refractivity contribution in [3.05, 3.63) is 47.4 Å². The molecule has 0 heterocycles. The van der Waals surface area contributed by atoms with Crippen molar-refractivity contribution in [3.63, 3.8) is 0 Å². The van der Waals surface area contributed by atoms with E-state index in [2.05, 4.69) is 4.99 Å². The van der Waals surface area contributed by atoms with Gasteiger partial charge in [-0.1, -0.05) is 29.8 Å². The number of hydrogen-bond donors (Lipinski definition) is 0. The number of rotatable bonds is 3. The predicted octanol–water partition coefficient (Wildman–Crippen LogP) is 2.43. The molecule has 3 nitrogen and oxygen atoms in total. The SMILES string of the molecule is CO/C=C(C#N)\N=C\c1ccc(C)cc1. The minimum Gasteiger partial charge on any atom is -0.501 e. The Morgan fingerprint density at radius 1 is 1.40 bits per heavy atom. The molecule has 0 aliphatic carbocycles. The molecule has 0 atom stereocenters. The van der Waals surface area contributed by atoms with Gasteiger partial charge < -0.3 is 4.74 Å². The minimum atomic E-state index is 0.248. The molecule has 0 aliphatic heterocycles. The topological polar surface area (TPSA) is 45.4 Å². The average molecular weight is 200 g/mol. The summed E-state index contributed by atoms with van der Waals surface area (Å²) in [6.45, 7) is 2.02. The lowest BCUT2D eigenvalue weighted by Crippen LogP contribution is -1.83. The summed E-state index contributed by atoms with van der Waals surface area (Å²) in [6, 6.07) is 9.80. The summed E-state index contributed by atoms with van der Waals surface area (Å²) in [5.41, 5.74) is 2.40. The van der Waals surface area contributed by atoms with Crippen LogP contribution in [0.25, 0.3) is 0 Å². The second-order valence-electron chi connectivity index (χ2n) is 3.02. The molecule has 0 fully saturated rings. The fourth-order valence-corrected chi connectivity index (χ4v) is 0.994. The van der Waals surface area contributed by atoms with Crippen LogP contribution in [0.1, 0.15) is 11.1 Å². The molecular formula is C12H12N2O. The van der Waals surface area contributed by atoms with Gasteiger partial charge in [-0.3, -0.25) is 0 Å². The maximum absolute atomic E-state index is 8.67. The number of methoxy groups -OCH3 is 1. The van der Waals surface area contributed by atoms with Gasteiger partial charge in [-0.05, 0) is 12.5 Å². The molecule has 0 radical (unpaired) electrons. The third-order valence-electron chi connectivity index (χ3n) is 1.77. The van der Waals surface area contributed by atoms with Crippen LogP contribution in [0.15, 0.2) is 41.2 Å². The van der Waals surface area contributed by atoms with Crippen LogP contribution in [0.5, 0.6) is 0 Å². The van der Waals surface area contributed by atoms with Crippen molar-refractivity contribution in [1.82, 2.24) is 0 Å². The first kappa shape index (κ1) is 11.0. The zero-order valence-corrected chi connectivity index (χ0v) is 8.77. The molecule has 1 rings (SSSR count). The minimum absolute atomic E-state index is 0.248. The molecule has 0 saturated heterocycles. The van der Waals surface area contributed by atoms with Gasteiger partial charge in [0, 0.05) is 6.21 Å². The molecule has 0 bridgehead atoms. The Hall–Kier alpha value is -2.08. The van der Waals surface area contributed by atoms with Crippen LogP contribution in [0.3, 0.4) is 0 Å². The zero-order chi connectivity index (χ0) is 11.1. The van der Waals surface area contributed by atoms with E-state index in [1.54, 1.807) is 6.21 Å². The van der Waals surface area contributed by atoms with E-state index in [-0.39, 0.29) is 5.70 Å². The molecule has 0 saturated carbocycles. The van der Waals surface area contributed by atoms with Gasteiger partial charge in [0.15, 0.2) is 5.70 Å². The summed E-state index contributed by atoms with van der Waals surface area (Å²) < 4.78 is 4.70. The third kappa shape index (κ3) is 3.65. The molecular weight excluding hydrogens is 188 g/mol.